The second kappa shape index (κ2) is 9.45. The lowest BCUT2D eigenvalue weighted by Crippen LogP contribution is -2.13. The third kappa shape index (κ3) is 5.71. The van der Waals surface area contributed by atoms with E-state index in [1.807, 2.05) is 0 Å². The van der Waals surface area contributed by atoms with Crippen molar-refractivity contribution in [2.45, 2.75) is 4.90 Å². The van der Waals surface area contributed by atoms with Crippen molar-refractivity contribution in [1.82, 2.24) is 0 Å². The van der Waals surface area contributed by atoms with Crippen molar-refractivity contribution in [1.29, 1.82) is 0 Å². The van der Waals surface area contributed by atoms with Gasteiger partial charge in [-0.05, 0) is 54.1 Å². The minimum absolute atomic E-state index is 0.0404. The number of methoxy groups -OCH3 is 1. The summed E-state index contributed by atoms with van der Waals surface area (Å²) in [6, 6.07) is 16.5. The van der Waals surface area contributed by atoms with E-state index in [0.717, 1.165) is 11.6 Å². The van der Waals surface area contributed by atoms with E-state index in [1.54, 1.807) is 36.4 Å². The van der Waals surface area contributed by atoms with Gasteiger partial charge in [-0.2, -0.15) is 5.10 Å². The Labute approximate surface area is 183 Å². The molecule has 11 heteroatoms. The molecule has 0 saturated carbocycles. The molecule has 9 nitrogen and oxygen atoms in total. The van der Waals surface area contributed by atoms with E-state index in [4.69, 9.17) is 16.3 Å². The number of rotatable bonds is 8. The van der Waals surface area contributed by atoms with Gasteiger partial charge in [0.25, 0.3) is 15.7 Å². The number of nitrogens with one attached hydrogen (secondary N) is 2. The van der Waals surface area contributed by atoms with E-state index < -0.39 is 20.6 Å². The minimum Gasteiger partial charge on any atom is -0.497 e. The van der Waals surface area contributed by atoms with Gasteiger partial charge < -0.3 is 4.74 Å². The molecule has 3 rings (SSSR count). The molecule has 160 valence electrons. The van der Waals surface area contributed by atoms with Gasteiger partial charge in [0.05, 0.1) is 23.1 Å². The molecule has 0 unspecified atom stereocenters. The van der Waals surface area contributed by atoms with Crippen molar-refractivity contribution in [2.24, 2.45) is 5.10 Å². The van der Waals surface area contributed by atoms with Crippen LogP contribution in [-0.4, -0.2) is 26.7 Å². The third-order valence-electron chi connectivity index (χ3n) is 4.09. The maximum absolute atomic E-state index is 12.6. The summed E-state index contributed by atoms with van der Waals surface area (Å²) in [7, 11) is -2.55. The molecule has 0 aliphatic heterocycles. The number of anilines is 2. The normalized spacial score (nSPS) is 11.3. The van der Waals surface area contributed by atoms with Crippen molar-refractivity contribution in [3.63, 3.8) is 0 Å². The average Bonchev–Trinajstić information content (AvgIpc) is 2.75. The molecule has 0 aliphatic rings. The van der Waals surface area contributed by atoms with Gasteiger partial charge in [0, 0.05) is 16.8 Å². The standard InChI is InChI=1S/C20H17ClN4O5S/c1-30-17-8-6-16(7-9-17)24-31(28,29)18-10-11-19(20(12-18)25(26)27)23-22-13-14-2-4-15(21)5-3-14/h2-13,23-24H,1H3/b22-13+. The lowest BCUT2D eigenvalue weighted by atomic mass is 10.2. The second-order valence-electron chi connectivity index (χ2n) is 6.19. The minimum atomic E-state index is -4.05. The predicted molar refractivity (Wildman–Crippen MR) is 120 cm³/mol. The number of ether oxygens (including phenoxy) is 1. The first-order valence-corrected chi connectivity index (χ1v) is 10.6. The highest BCUT2D eigenvalue weighted by molar-refractivity contribution is 7.92. The van der Waals surface area contributed by atoms with Gasteiger partial charge in [0.15, 0.2) is 0 Å². The Morgan fingerprint density at radius 1 is 1.06 bits per heavy atom. The summed E-state index contributed by atoms with van der Waals surface area (Å²) in [6.07, 6.45) is 1.45. The summed E-state index contributed by atoms with van der Waals surface area (Å²) in [5.41, 5.74) is 3.18. The number of nitrogens with zero attached hydrogens (tertiary/aromatic N) is 2. The van der Waals surface area contributed by atoms with Gasteiger partial charge in [0.1, 0.15) is 11.4 Å². The topological polar surface area (TPSA) is 123 Å². The van der Waals surface area contributed by atoms with Gasteiger partial charge >= 0.3 is 0 Å². The van der Waals surface area contributed by atoms with Crippen molar-refractivity contribution in [2.75, 3.05) is 17.3 Å². The zero-order valence-electron chi connectivity index (χ0n) is 16.2. The molecule has 0 spiro atoms. The number of hydrogen-bond donors (Lipinski definition) is 2. The molecule has 0 aliphatic carbocycles. The van der Waals surface area contributed by atoms with E-state index >= 15 is 0 Å². The smallest absolute Gasteiger partial charge is 0.295 e. The number of hydrazone groups is 1. The van der Waals surface area contributed by atoms with Crippen LogP contribution in [0.1, 0.15) is 5.56 Å². The zero-order chi connectivity index (χ0) is 22.4. The molecule has 0 heterocycles. The second-order valence-corrected chi connectivity index (χ2v) is 8.31. The molecule has 0 amide bonds. The first-order valence-electron chi connectivity index (χ1n) is 8.78. The predicted octanol–water partition coefficient (Wildman–Crippen LogP) is 4.50. The van der Waals surface area contributed by atoms with E-state index in [9.17, 15) is 18.5 Å². The molecule has 0 aromatic heterocycles. The van der Waals surface area contributed by atoms with Crippen LogP contribution < -0.4 is 14.9 Å². The number of halogens is 1. The Morgan fingerprint density at radius 3 is 2.35 bits per heavy atom. The van der Waals surface area contributed by atoms with Crippen LogP contribution in [0.25, 0.3) is 0 Å². The van der Waals surface area contributed by atoms with Gasteiger partial charge in [-0.15, -0.1) is 0 Å². The Bertz CT molecular complexity index is 1210. The van der Waals surface area contributed by atoms with Crippen LogP contribution in [0.5, 0.6) is 5.75 Å². The largest absolute Gasteiger partial charge is 0.497 e. The number of nitro groups is 1. The summed E-state index contributed by atoms with van der Waals surface area (Å²) in [6.45, 7) is 0. The first-order chi connectivity index (χ1) is 14.8. The van der Waals surface area contributed by atoms with Crippen molar-refractivity contribution in [3.8, 4) is 5.75 Å². The number of nitro benzene ring substituents is 1. The third-order valence-corrected chi connectivity index (χ3v) is 5.72. The molecule has 3 aromatic carbocycles. The maximum atomic E-state index is 12.6. The highest BCUT2D eigenvalue weighted by atomic mass is 35.5. The molecular formula is C20H17ClN4O5S. The number of benzene rings is 3. The van der Waals surface area contributed by atoms with Crippen LogP contribution in [0.3, 0.4) is 0 Å². The molecule has 0 bridgehead atoms. The fourth-order valence-corrected chi connectivity index (χ4v) is 3.73. The lowest BCUT2D eigenvalue weighted by Gasteiger charge is -2.10. The lowest BCUT2D eigenvalue weighted by molar-refractivity contribution is -0.384. The molecular weight excluding hydrogens is 444 g/mol. The Hall–Kier alpha value is -3.63. The van der Waals surface area contributed by atoms with Crippen LogP contribution in [-0.2, 0) is 10.0 Å². The van der Waals surface area contributed by atoms with Crippen LogP contribution in [0.4, 0.5) is 17.1 Å². The highest BCUT2D eigenvalue weighted by Gasteiger charge is 2.21. The van der Waals surface area contributed by atoms with Crippen LogP contribution in [0.15, 0.2) is 76.7 Å². The highest BCUT2D eigenvalue weighted by Crippen LogP contribution is 2.29. The fourth-order valence-electron chi connectivity index (χ4n) is 2.52. The van der Waals surface area contributed by atoms with Gasteiger partial charge in [-0.3, -0.25) is 20.3 Å². The van der Waals surface area contributed by atoms with E-state index in [0.29, 0.717) is 16.5 Å². The monoisotopic (exact) mass is 460 g/mol. The summed E-state index contributed by atoms with van der Waals surface area (Å²) in [4.78, 5) is 10.5. The Kier molecular flexibility index (Phi) is 6.73. The maximum Gasteiger partial charge on any atom is 0.295 e. The van der Waals surface area contributed by atoms with Crippen molar-refractivity contribution >= 4 is 44.9 Å². The van der Waals surface area contributed by atoms with Crippen LogP contribution in [0, 0.1) is 10.1 Å². The number of hydrogen-bond acceptors (Lipinski definition) is 7. The summed E-state index contributed by atoms with van der Waals surface area (Å²) in [5.74, 6) is 0.563. The summed E-state index contributed by atoms with van der Waals surface area (Å²) < 4.78 is 32.7. The molecule has 0 radical (unpaired) electrons. The molecule has 0 fully saturated rings. The Morgan fingerprint density at radius 2 is 1.74 bits per heavy atom. The fraction of sp³-hybridized carbons (Fsp3) is 0.0500. The SMILES string of the molecule is COc1ccc(NS(=O)(=O)c2ccc(N/N=C/c3ccc(Cl)cc3)c([N+](=O)[O-])c2)cc1. The average molecular weight is 461 g/mol. The van der Waals surface area contributed by atoms with Gasteiger partial charge in [-0.25, -0.2) is 8.42 Å². The molecule has 3 aromatic rings. The summed E-state index contributed by atoms with van der Waals surface area (Å²) in [5, 5.41) is 16.0. The molecule has 31 heavy (non-hydrogen) atoms. The van der Waals surface area contributed by atoms with Crippen molar-refractivity contribution < 1.29 is 18.1 Å². The van der Waals surface area contributed by atoms with Crippen molar-refractivity contribution in [3.05, 3.63) is 87.4 Å². The quantitative estimate of drug-likeness (QED) is 0.290. The Balaban J connectivity index is 1.81. The molecule has 0 saturated heterocycles. The first kappa shape index (κ1) is 22.1. The number of sulfonamides is 1. The van der Waals surface area contributed by atoms with E-state index in [-0.39, 0.29) is 10.6 Å². The summed E-state index contributed by atoms with van der Waals surface area (Å²) >= 11 is 5.82. The van der Waals surface area contributed by atoms with Crippen LogP contribution >= 0.6 is 11.6 Å². The van der Waals surface area contributed by atoms with E-state index in [1.165, 1.54) is 37.6 Å². The molecule has 2 N–H and O–H groups in total. The zero-order valence-corrected chi connectivity index (χ0v) is 17.7. The van der Waals surface area contributed by atoms with Gasteiger partial charge in [0.2, 0.25) is 0 Å². The van der Waals surface area contributed by atoms with Gasteiger partial charge in [-0.1, -0.05) is 23.7 Å². The van der Waals surface area contributed by atoms with Crippen LogP contribution in [0.2, 0.25) is 5.02 Å². The molecule has 0 atom stereocenters. The van der Waals surface area contributed by atoms with E-state index in [2.05, 4.69) is 15.2 Å².